The van der Waals surface area contributed by atoms with Gasteiger partial charge in [-0.2, -0.15) is 0 Å². The van der Waals surface area contributed by atoms with Crippen LogP contribution in [0.5, 0.6) is 0 Å². The van der Waals surface area contributed by atoms with Gasteiger partial charge in [-0.25, -0.2) is 4.79 Å². The molecule has 1 aliphatic heterocycles. The van der Waals surface area contributed by atoms with Gasteiger partial charge in [0.1, 0.15) is 5.60 Å². The van der Waals surface area contributed by atoms with Gasteiger partial charge in [0, 0.05) is 19.0 Å². The van der Waals surface area contributed by atoms with E-state index in [2.05, 4.69) is 6.58 Å². The van der Waals surface area contributed by atoms with E-state index in [9.17, 15) is 14.7 Å². The second kappa shape index (κ2) is 7.30. The lowest BCUT2D eigenvalue weighted by Crippen LogP contribution is -2.47. The van der Waals surface area contributed by atoms with Gasteiger partial charge < -0.3 is 14.7 Å². The van der Waals surface area contributed by atoms with Crippen molar-refractivity contribution in [2.24, 2.45) is 5.92 Å². The topological polar surface area (TPSA) is 66.8 Å². The van der Waals surface area contributed by atoms with Crippen LogP contribution in [-0.4, -0.2) is 40.8 Å². The molecule has 0 saturated carbocycles. The largest absolute Gasteiger partial charge is 0.481 e. The minimum atomic E-state index is -0.894. The van der Waals surface area contributed by atoms with Crippen molar-refractivity contribution in [2.45, 2.75) is 45.6 Å². The van der Waals surface area contributed by atoms with Crippen molar-refractivity contribution < 1.29 is 19.4 Å². The zero-order chi connectivity index (χ0) is 18.8. The Labute approximate surface area is 149 Å². The van der Waals surface area contributed by atoms with Crippen LogP contribution in [0.3, 0.4) is 0 Å². The predicted molar refractivity (Wildman–Crippen MR) is 97.4 cm³/mol. The summed E-state index contributed by atoms with van der Waals surface area (Å²) in [4.78, 5) is 25.7. The molecule has 1 aromatic carbocycles. The molecule has 1 heterocycles. The Hall–Kier alpha value is -2.30. The first-order valence-corrected chi connectivity index (χ1v) is 8.55. The van der Waals surface area contributed by atoms with E-state index < -0.39 is 23.6 Å². The van der Waals surface area contributed by atoms with E-state index in [0.29, 0.717) is 13.0 Å². The average molecular weight is 345 g/mol. The molecular formula is C20H27NO4. The third-order valence-electron chi connectivity index (χ3n) is 4.40. The standard InChI is InChI=1S/C20H27NO4/c1-13(2)14-8-6-7-9-15(14)16-10-11-21(12-17(16)18(22)23)19(24)25-20(3,4)5/h6-9,16-17H,1,10-12H2,2-5H3,(H,22,23). The second-order valence-corrected chi connectivity index (χ2v) is 7.63. The van der Waals surface area contributed by atoms with E-state index >= 15 is 0 Å². The fraction of sp³-hybridized carbons (Fsp3) is 0.500. The maximum absolute atomic E-state index is 12.3. The van der Waals surface area contributed by atoms with Crippen molar-refractivity contribution in [2.75, 3.05) is 13.1 Å². The van der Waals surface area contributed by atoms with E-state index in [1.807, 2.05) is 31.2 Å². The van der Waals surface area contributed by atoms with Crippen molar-refractivity contribution in [3.63, 3.8) is 0 Å². The number of likely N-dealkylation sites (tertiary alicyclic amines) is 1. The van der Waals surface area contributed by atoms with Gasteiger partial charge in [-0.15, -0.1) is 0 Å². The molecule has 0 aliphatic carbocycles. The normalized spacial score (nSPS) is 20.9. The molecule has 2 unspecified atom stereocenters. The SMILES string of the molecule is C=C(C)c1ccccc1C1CCN(C(=O)OC(C)(C)C)CC1C(=O)O. The molecule has 25 heavy (non-hydrogen) atoms. The maximum atomic E-state index is 12.3. The number of benzene rings is 1. The van der Waals surface area contributed by atoms with Crippen molar-refractivity contribution in [3.05, 3.63) is 42.0 Å². The summed E-state index contributed by atoms with van der Waals surface area (Å²) in [5, 5.41) is 9.73. The van der Waals surface area contributed by atoms with Crippen molar-refractivity contribution in [3.8, 4) is 0 Å². The Bertz CT molecular complexity index is 675. The van der Waals surface area contributed by atoms with Crippen LogP contribution in [0.4, 0.5) is 4.79 Å². The number of rotatable bonds is 3. The summed E-state index contributed by atoms with van der Waals surface area (Å²) in [6, 6.07) is 7.78. The molecule has 0 radical (unpaired) electrons. The quantitative estimate of drug-likeness (QED) is 0.894. The number of carboxylic acids is 1. The van der Waals surface area contributed by atoms with Gasteiger partial charge in [-0.3, -0.25) is 4.79 Å². The molecule has 2 atom stereocenters. The summed E-state index contributed by atoms with van der Waals surface area (Å²) in [5.41, 5.74) is 2.30. The van der Waals surface area contributed by atoms with Crippen LogP contribution in [0.2, 0.25) is 0 Å². The van der Waals surface area contributed by atoms with Gasteiger partial charge in [-0.05, 0) is 45.2 Å². The molecule has 1 aromatic rings. The minimum Gasteiger partial charge on any atom is -0.481 e. The van der Waals surface area contributed by atoms with E-state index in [0.717, 1.165) is 16.7 Å². The van der Waals surface area contributed by atoms with Crippen molar-refractivity contribution >= 4 is 17.6 Å². The van der Waals surface area contributed by atoms with Crippen LogP contribution in [0.1, 0.15) is 51.2 Å². The van der Waals surface area contributed by atoms with Crippen LogP contribution >= 0.6 is 0 Å². The van der Waals surface area contributed by atoms with Crippen LogP contribution in [0.25, 0.3) is 5.57 Å². The smallest absolute Gasteiger partial charge is 0.410 e. The number of nitrogens with zero attached hydrogens (tertiary/aromatic N) is 1. The molecule has 5 heteroatoms. The van der Waals surface area contributed by atoms with Crippen LogP contribution in [0, 0.1) is 5.92 Å². The first-order valence-electron chi connectivity index (χ1n) is 8.55. The molecule has 1 fully saturated rings. The summed E-state index contributed by atoms with van der Waals surface area (Å²) < 4.78 is 5.39. The van der Waals surface area contributed by atoms with Crippen LogP contribution in [-0.2, 0) is 9.53 Å². The van der Waals surface area contributed by atoms with Gasteiger partial charge in [0.25, 0.3) is 0 Å². The first kappa shape index (κ1) is 19.0. The lowest BCUT2D eigenvalue weighted by atomic mass is 9.78. The van der Waals surface area contributed by atoms with Gasteiger partial charge in [0.05, 0.1) is 5.92 Å². The number of ether oxygens (including phenoxy) is 1. The Morgan fingerprint density at radius 3 is 2.48 bits per heavy atom. The molecule has 1 saturated heterocycles. The monoisotopic (exact) mass is 345 g/mol. The number of carbonyl (C=O) groups is 2. The number of hydrogen-bond donors (Lipinski definition) is 1. The molecule has 1 aliphatic rings. The van der Waals surface area contributed by atoms with Crippen LogP contribution in [0.15, 0.2) is 30.8 Å². The van der Waals surface area contributed by atoms with Crippen molar-refractivity contribution in [1.29, 1.82) is 0 Å². The Balaban J connectivity index is 2.25. The number of carboxylic acid groups (broad SMARTS) is 1. The molecule has 1 N–H and O–H groups in total. The van der Waals surface area contributed by atoms with Gasteiger partial charge in [0.15, 0.2) is 0 Å². The third kappa shape index (κ3) is 4.62. The van der Waals surface area contributed by atoms with Gasteiger partial charge in [0.2, 0.25) is 0 Å². The first-order chi connectivity index (χ1) is 11.6. The average Bonchev–Trinajstić information content (AvgIpc) is 2.52. The van der Waals surface area contributed by atoms with Crippen LogP contribution < -0.4 is 0 Å². The Kier molecular flexibility index (Phi) is 5.55. The molecule has 1 amide bonds. The third-order valence-corrected chi connectivity index (χ3v) is 4.40. The summed E-state index contributed by atoms with van der Waals surface area (Å²) in [6.45, 7) is 12.0. The predicted octanol–water partition coefficient (Wildman–Crippen LogP) is 4.14. The molecule has 0 spiro atoms. The van der Waals surface area contributed by atoms with E-state index in [4.69, 9.17) is 4.74 Å². The lowest BCUT2D eigenvalue weighted by molar-refractivity contribution is -0.144. The molecular weight excluding hydrogens is 318 g/mol. The molecule has 5 nitrogen and oxygen atoms in total. The number of carbonyl (C=O) groups excluding carboxylic acids is 1. The number of aliphatic carboxylic acids is 1. The highest BCUT2D eigenvalue weighted by atomic mass is 16.6. The summed E-state index contributed by atoms with van der Waals surface area (Å²) in [7, 11) is 0. The number of piperidine rings is 1. The molecule has 136 valence electrons. The fourth-order valence-corrected chi connectivity index (χ4v) is 3.28. The summed E-state index contributed by atoms with van der Waals surface area (Å²) in [6.07, 6.45) is 0.130. The Morgan fingerprint density at radius 2 is 1.92 bits per heavy atom. The van der Waals surface area contributed by atoms with E-state index in [-0.39, 0.29) is 12.5 Å². The maximum Gasteiger partial charge on any atom is 0.410 e. The zero-order valence-electron chi connectivity index (χ0n) is 15.4. The number of allylic oxidation sites excluding steroid dienone is 1. The van der Waals surface area contributed by atoms with Gasteiger partial charge >= 0.3 is 12.1 Å². The minimum absolute atomic E-state index is 0.149. The molecule has 2 rings (SSSR count). The lowest BCUT2D eigenvalue weighted by Gasteiger charge is -2.38. The molecule has 0 bridgehead atoms. The molecule has 0 aromatic heterocycles. The van der Waals surface area contributed by atoms with E-state index in [1.165, 1.54) is 4.90 Å². The highest BCUT2D eigenvalue weighted by Crippen LogP contribution is 2.37. The summed E-state index contributed by atoms with van der Waals surface area (Å²) in [5.74, 6) is -1.71. The highest BCUT2D eigenvalue weighted by molar-refractivity contribution is 5.75. The Morgan fingerprint density at radius 1 is 1.28 bits per heavy atom. The van der Waals surface area contributed by atoms with E-state index in [1.54, 1.807) is 20.8 Å². The second-order valence-electron chi connectivity index (χ2n) is 7.63. The fourth-order valence-electron chi connectivity index (χ4n) is 3.28. The zero-order valence-corrected chi connectivity index (χ0v) is 15.4. The van der Waals surface area contributed by atoms with Gasteiger partial charge in [-0.1, -0.05) is 36.4 Å². The highest BCUT2D eigenvalue weighted by Gasteiger charge is 2.38. The summed E-state index contributed by atoms with van der Waals surface area (Å²) >= 11 is 0. The number of amides is 1. The van der Waals surface area contributed by atoms with Crippen molar-refractivity contribution in [1.82, 2.24) is 4.90 Å². The number of hydrogen-bond acceptors (Lipinski definition) is 3.